The number of benzene rings is 2. The average Bonchev–Trinajstić information content (AvgIpc) is 3.14. The van der Waals surface area contributed by atoms with E-state index in [1.54, 1.807) is 4.90 Å². The van der Waals surface area contributed by atoms with E-state index in [1.807, 2.05) is 61.5 Å². The number of thiazole rings is 1. The maximum Gasteiger partial charge on any atom is 0.313 e. The third-order valence-corrected chi connectivity index (χ3v) is 6.18. The number of anilines is 1. The zero-order chi connectivity index (χ0) is 19.7. The molecule has 0 saturated carbocycles. The molecule has 0 radical (unpaired) electrons. The lowest BCUT2D eigenvalue weighted by molar-refractivity contribution is -0.142. The Labute approximate surface area is 167 Å². The molecule has 1 aromatic heterocycles. The smallest absolute Gasteiger partial charge is 0.313 e. The molecular formula is C22H20N2O3S. The van der Waals surface area contributed by atoms with Crippen molar-refractivity contribution in [2.45, 2.75) is 19.3 Å². The monoisotopic (exact) mass is 392 g/mol. The molecule has 0 saturated heterocycles. The van der Waals surface area contributed by atoms with Crippen LogP contribution in [0, 0.1) is 6.92 Å². The van der Waals surface area contributed by atoms with Crippen LogP contribution in [0.5, 0.6) is 0 Å². The van der Waals surface area contributed by atoms with Crippen LogP contribution in [0.4, 0.5) is 5.69 Å². The maximum atomic E-state index is 13.4. The van der Waals surface area contributed by atoms with Gasteiger partial charge in [0.1, 0.15) is 9.88 Å². The first-order valence-corrected chi connectivity index (χ1v) is 9.93. The van der Waals surface area contributed by atoms with Crippen molar-refractivity contribution < 1.29 is 14.3 Å². The van der Waals surface area contributed by atoms with Gasteiger partial charge in [-0.25, -0.2) is 4.98 Å². The lowest BCUT2D eigenvalue weighted by atomic mass is 9.90. The number of carbonyl (C=O) groups is 2. The highest BCUT2D eigenvalue weighted by atomic mass is 32.1. The number of fused-ring (bicyclic) bond motifs is 1. The molecule has 2 heterocycles. The van der Waals surface area contributed by atoms with Gasteiger partial charge in [0.15, 0.2) is 0 Å². The summed E-state index contributed by atoms with van der Waals surface area (Å²) in [6.45, 7) is 2.33. The fourth-order valence-electron chi connectivity index (χ4n) is 3.58. The van der Waals surface area contributed by atoms with Crippen molar-refractivity contribution in [3.05, 3.63) is 70.7 Å². The van der Waals surface area contributed by atoms with Crippen molar-refractivity contribution in [1.29, 1.82) is 0 Å². The van der Waals surface area contributed by atoms with Crippen LogP contribution < -0.4 is 4.90 Å². The zero-order valence-electron chi connectivity index (χ0n) is 15.7. The Morgan fingerprint density at radius 1 is 1.11 bits per heavy atom. The Balaban J connectivity index is 1.69. The summed E-state index contributed by atoms with van der Waals surface area (Å²) in [5.41, 5.74) is 3.32. The summed E-state index contributed by atoms with van der Waals surface area (Å²) < 4.78 is 4.95. The van der Waals surface area contributed by atoms with Crippen LogP contribution in [0.3, 0.4) is 0 Å². The minimum Gasteiger partial charge on any atom is -0.469 e. The molecule has 6 heteroatoms. The standard InChI is InChI=1S/C22H20N2O3S/c1-14-19(28-20(23-14)15-8-4-3-5-9-15)21(25)24-13-12-17(22(26)27-2)16-10-6-7-11-18(16)24/h3-11,17H,12-13H2,1-2H3/t17-/m1/s1. The highest BCUT2D eigenvalue weighted by Crippen LogP contribution is 2.38. The molecule has 0 aliphatic carbocycles. The molecule has 1 amide bonds. The molecule has 0 spiro atoms. The van der Waals surface area contributed by atoms with Crippen molar-refractivity contribution in [2.75, 3.05) is 18.6 Å². The number of nitrogens with zero attached hydrogens (tertiary/aromatic N) is 2. The third kappa shape index (κ3) is 3.20. The van der Waals surface area contributed by atoms with Crippen molar-refractivity contribution in [3.8, 4) is 10.6 Å². The summed E-state index contributed by atoms with van der Waals surface area (Å²) in [4.78, 5) is 32.5. The Hall–Kier alpha value is -2.99. The molecule has 1 aliphatic rings. The summed E-state index contributed by atoms with van der Waals surface area (Å²) in [6.07, 6.45) is 0.540. The van der Waals surface area contributed by atoms with Gasteiger partial charge in [0.2, 0.25) is 0 Å². The lowest BCUT2D eigenvalue weighted by Gasteiger charge is -2.33. The van der Waals surface area contributed by atoms with E-state index in [1.165, 1.54) is 18.4 Å². The molecule has 0 fully saturated rings. The van der Waals surface area contributed by atoms with Crippen LogP contribution in [-0.2, 0) is 9.53 Å². The van der Waals surface area contributed by atoms with Crippen LogP contribution >= 0.6 is 11.3 Å². The molecule has 2 aromatic carbocycles. The topological polar surface area (TPSA) is 59.5 Å². The number of esters is 1. The minimum atomic E-state index is -0.340. The van der Waals surface area contributed by atoms with Crippen LogP contribution in [0.25, 0.3) is 10.6 Å². The van der Waals surface area contributed by atoms with Crippen molar-refractivity contribution in [3.63, 3.8) is 0 Å². The van der Waals surface area contributed by atoms with Crippen molar-refractivity contribution in [2.24, 2.45) is 0 Å². The SMILES string of the molecule is COC(=O)[C@@H]1CCN(C(=O)c2sc(-c3ccccc3)nc2C)c2ccccc21. The Bertz CT molecular complexity index is 1030. The van der Waals surface area contributed by atoms with Crippen LogP contribution in [0.15, 0.2) is 54.6 Å². The molecule has 1 aliphatic heterocycles. The number of methoxy groups -OCH3 is 1. The summed E-state index contributed by atoms with van der Waals surface area (Å²) in [5, 5.41) is 0.833. The van der Waals surface area contributed by atoms with Gasteiger partial charge in [-0.15, -0.1) is 11.3 Å². The van der Waals surface area contributed by atoms with Gasteiger partial charge in [-0.2, -0.15) is 0 Å². The molecule has 1 atom stereocenters. The molecule has 4 rings (SSSR count). The van der Waals surface area contributed by atoms with Gasteiger partial charge in [0, 0.05) is 17.8 Å². The average molecular weight is 392 g/mol. The Kier molecular flexibility index (Phi) is 4.96. The highest BCUT2D eigenvalue weighted by Gasteiger charge is 2.34. The molecule has 0 unspecified atom stereocenters. The molecule has 3 aromatic rings. The summed E-state index contributed by atoms with van der Waals surface area (Å²) >= 11 is 1.41. The number of aromatic nitrogens is 1. The van der Waals surface area contributed by atoms with Crippen LogP contribution in [-0.4, -0.2) is 30.5 Å². The normalized spacial score (nSPS) is 15.8. The Morgan fingerprint density at radius 2 is 1.82 bits per heavy atom. The Morgan fingerprint density at radius 3 is 2.57 bits per heavy atom. The van der Waals surface area contributed by atoms with Crippen molar-refractivity contribution in [1.82, 2.24) is 4.98 Å². The first-order valence-electron chi connectivity index (χ1n) is 9.11. The second kappa shape index (κ2) is 7.56. The van der Waals surface area contributed by atoms with Crippen molar-refractivity contribution >= 4 is 28.9 Å². The largest absolute Gasteiger partial charge is 0.469 e. The number of aryl methyl sites for hydroxylation is 1. The molecule has 0 N–H and O–H groups in total. The highest BCUT2D eigenvalue weighted by molar-refractivity contribution is 7.17. The first kappa shape index (κ1) is 18.4. The third-order valence-electron chi connectivity index (χ3n) is 4.99. The van der Waals surface area contributed by atoms with Gasteiger partial charge >= 0.3 is 5.97 Å². The van der Waals surface area contributed by atoms with Gasteiger partial charge in [-0.05, 0) is 25.0 Å². The van der Waals surface area contributed by atoms with E-state index >= 15 is 0 Å². The van der Waals surface area contributed by atoms with E-state index < -0.39 is 0 Å². The number of hydrogen-bond acceptors (Lipinski definition) is 5. The number of para-hydroxylation sites is 1. The maximum absolute atomic E-state index is 13.4. The van der Waals surface area contributed by atoms with Gasteiger partial charge in [0.25, 0.3) is 5.91 Å². The number of carbonyl (C=O) groups excluding carboxylic acids is 2. The second-order valence-corrected chi connectivity index (χ2v) is 7.68. The predicted molar refractivity (Wildman–Crippen MR) is 110 cm³/mol. The minimum absolute atomic E-state index is 0.0760. The number of rotatable bonds is 3. The van der Waals surface area contributed by atoms with Crippen LogP contribution in [0.2, 0.25) is 0 Å². The quantitative estimate of drug-likeness (QED) is 0.619. The summed E-state index contributed by atoms with van der Waals surface area (Å²) in [5.74, 6) is -0.680. The fourth-order valence-corrected chi connectivity index (χ4v) is 4.60. The van der Waals surface area contributed by atoms with Crippen LogP contribution in [0.1, 0.15) is 33.3 Å². The lowest BCUT2D eigenvalue weighted by Crippen LogP contribution is -2.38. The molecule has 5 nitrogen and oxygen atoms in total. The second-order valence-electron chi connectivity index (χ2n) is 6.68. The fraction of sp³-hybridized carbons (Fsp3) is 0.227. The molecular weight excluding hydrogens is 372 g/mol. The first-order chi connectivity index (χ1) is 13.6. The number of ether oxygens (including phenoxy) is 1. The molecule has 28 heavy (non-hydrogen) atoms. The van der Waals surface area contributed by atoms with Gasteiger partial charge < -0.3 is 9.64 Å². The molecule has 0 bridgehead atoms. The van der Waals surface area contributed by atoms with E-state index in [4.69, 9.17) is 4.74 Å². The summed E-state index contributed by atoms with van der Waals surface area (Å²) in [6, 6.07) is 17.4. The summed E-state index contributed by atoms with van der Waals surface area (Å²) in [7, 11) is 1.40. The zero-order valence-corrected chi connectivity index (χ0v) is 16.5. The van der Waals surface area contributed by atoms with Gasteiger partial charge in [-0.3, -0.25) is 9.59 Å². The number of amides is 1. The predicted octanol–water partition coefficient (Wildman–Crippen LogP) is 4.43. The number of hydrogen-bond donors (Lipinski definition) is 0. The van der Waals surface area contributed by atoms with Gasteiger partial charge in [-0.1, -0.05) is 48.5 Å². The van der Waals surface area contributed by atoms with E-state index in [-0.39, 0.29) is 17.8 Å². The van der Waals surface area contributed by atoms with Gasteiger partial charge in [0.05, 0.1) is 18.7 Å². The molecule has 142 valence electrons. The van der Waals surface area contributed by atoms with E-state index in [0.29, 0.717) is 17.8 Å². The van der Waals surface area contributed by atoms with E-state index in [9.17, 15) is 9.59 Å². The van der Waals surface area contributed by atoms with E-state index in [0.717, 1.165) is 27.5 Å². The van der Waals surface area contributed by atoms with E-state index in [2.05, 4.69) is 4.98 Å².